The standard InChI is InChI=1S/C18H13BrN2O2/c1-11-16(21-18(23)14-4-2-3-5-15(14)19)7-6-13-8-12(10-22)9-20-17(11)13/h2-10H,1H3,(H,21,23). The van der Waals surface area contributed by atoms with Crippen LogP contribution in [0.1, 0.15) is 26.3 Å². The maximum absolute atomic E-state index is 12.4. The number of nitrogens with one attached hydrogen (secondary N) is 1. The minimum absolute atomic E-state index is 0.190. The molecule has 0 atom stereocenters. The summed E-state index contributed by atoms with van der Waals surface area (Å²) in [6.45, 7) is 1.89. The van der Waals surface area contributed by atoms with Gasteiger partial charge in [0, 0.05) is 27.3 Å². The number of rotatable bonds is 3. The van der Waals surface area contributed by atoms with Crippen molar-refractivity contribution >= 4 is 44.7 Å². The molecule has 1 heterocycles. The van der Waals surface area contributed by atoms with Gasteiger partial charge in [0.05, 0.1) is 11.1 Å². The van der Waals surface area contributed by atoms with Crippen molar-refractivity contribution in [2.24, 2.45) is 0 Å². The lowest BCUT2D eigenvalue weighted by atomic mass is 10.1. The Labute approximate surface area is 141 Å². The first-order chi connectivity index (χ1) is 11.1. The number of aromatic nitrogens is 1. The van der Waals surface area contributed by atoms with E-state index in [1.54, 1.807) is 12.1 Å². The molecule has 1 aromatic heterocycles. The van der Waals surface area contributed by atoms with E-state index >= 15 is 0 Å². The Balaban J connectivity index is 1.98. The van der Waals surface area contributed by atoms with Gasteiger partial charge in [-0.2, -0.15) is 0 Å². The number of carbonyl (C=O) groups excluding carboxylic acids is 2. The summed E-state index contributed by atoms with van der Waals surface area (Å²) in [5, 5.41) is 3.78. The van der Waals surface area contributed by atoms with Crippen molar-refractivity contribution in [2.75, 3.05) is 5.32 Å². The van der Waals surface area contributed by atoms with E-state index in [0.29, 0.717) is 16.8 Å². The molecular weight excluding hydrogens is 356 g/mol. The van der Waals surface area contributed by atoms with Gasteiger partial charge in [0.25, 0.3) is 5.91 Å². The molecule has 114 valence electrons. The molecule has 4 nitrogen and oxygen atoms in total. The van der Waals surface area contributed by atoms with Gasteiger partial charge in [0.15, 0.2) is 6.29 Å². The Morgan fingerprint density at radius 3 is 2.74 bits per heavy atom. The summed E-state index contributed by atoms with van der Waals surface area (Å²) < 4.78 is 0.740. The second-order valence-corrected chi connectivity index (χ2v) is 5.98. The molecule has 1 amide bonds. The Bertz CT molecular complexity index is 922. The molecule has 0 unspecified atom stereocenters. The highest BCUT2D eigenvalue weighted by Crippen LogP contribution is 2.25. The molecule has 0 saturated heterocycles. The van der Waals surface area contributed by atoms with E-state index in [1.165, 1.54) is 6.20 Å². The van der Waals surface area contributed by atoms with E-state index in [-0.39, 0.29) is 5.91 Å². The first-order valence-corrected chi connectivity index (χ1v) is 7.80. The van der Waals surface area contributed by atoms with Crippen LogP contribution < -0.4 is 5.32 Å². The zero-order chi connectivity index (χ0) is 16.4. The highest BCUT2D eigenvalue weighted by molar-refractivity contribution is 9.10. The third-order valence-electron chi connectivity index (χ3n) is 3.63. The quantitative estimate of drug-likeness (QED) is 0.698. The Hall–Kier alpha value is -2.53. The lowest BCUT2D eigenvalue weighted by Crippen LogP contribution is -2.13. The fraction of sp³-hybridized carbons (Fsp3) is 0.0556. The number of aldehydes is 1. The molecule has 3 rings (SSSR count). The number of aryl methyl sites for hydroxylation is 1. The number of nitrogens with zero attached hydrogens (tertiary/aromatic N) is 1. The van der Waals surface area contributed by atoms with Gasteiger partial charge in [-0.15, -0.1) is 0 Å². The third-order valence-corrected chi connectivity index (χ3v) is 4.32. The number of halogens is 1. The number of carbonyl (C=O) groups is 2. The fourth-order valence-corrected chi connectivity index (χ4v) is 2.86. The van der Waals surface area contributed by atoms with Gasteiger partial charge in [0.1, 0.15) is 0 Å². The summed E-state index contributed by atoms with van der Waals surface area (Å²) in [5.41, 5.74) is 3.42. The number of pyridine rings is 1. The molecule has 0 aliphatic heterocycles. The zero-order valence-corrected chi connectivity index (χ0v) is 13.9. The first-order valence-electron chi connectivity index (χ1n) is 7.00. The molecule has 0 aliphatic carbocycles. The molecule has 0 spiro atoms. The van der Waals surface area contributed by atoms with E-state index in [4.69, 9.17) is 0 Å². The molecule has 0 bridgehead atoms. The van der Waals surface area contributed by atoms with Gasteiger partial charge in [-0.05, 0) is 52.7 Å². The summed E-state index contributed by atoms with van der Waals surface area (Å²) in [6, 6.07) is 12.7. The number of hydrogen-bond donors (Lipinski definition) is 1. The molecule has 0 saturated carbocycles. The van der Waals surface area contributed by atoms with Gasteiger partial charge in [-0.25, -0.2) is 0 Å². The molecule has 23 heavy (non-hydrogen) atoms. The predicted molar refractivity (Wildman–Crippen MR) is 94.0 cm³/mol. The Morgan fingerprint density at radius 2 is 2.00 bits per heavy atom. The number of benzene rings is 2. The molecule has 0 aliphatic rings. The number of fused-ring (bicyclic) bond motifs is 1. The number of amides is 1. The van der Waals surface area contributed by atoms with Crippen molar-refractivity contribution < 1.29 is 9.59 Å². The average Bonchev–Trinajstić information content (AvgIpc) is 2.57. The van der Waals surface area contributed by atoms with Crippen LogP contribution in [0.4, 0.5) is 5.69 Å². The second-order valence-electron chi connectivity index (χ2n) is 5.13. The van der Waals surface area contributed by atoms with E-state index in [9.17, 15) is 9.59 Å². The van der Waals surface area contributed by atoms with E-state index < -0.39 is 0 Å². The van der Waals surface area contributed by atoms with Gasteiger partial charge >= 0.3 is 0 Å². The van der Waals surface area contributed by atoms with Crippen LogP contribution >= 0.6 is 15.9 Å². The summed E-state index contributed by atoms with van der Waals surface area (Å²) >= 11 is 3.38. The summed E-state index contributed by atoms with van der Waals surface area (Å²) in [6.07, 6.45) is 2.30. The Kier molecular flexibility index (Phi) is 4.21. The van der Waals surface area contributed by atoms with Crippen LogP contribution in [0.25, 0.3) is 10.9 Å². The highest BCUT2D eigenvalue weighted by Gasteiger charge is 2.12. The highest BCUT2D eigenvalue weighted by atomic mass is 79.9. The molecule has 5 heteroatoms. The van der Waals surface area contributed by atoms with Crippen LogP contribution in [0, 0.1) is 6.92 Å². The van der Waals surface area contributed by atoms with Crippen LogP contribution in [-0.2, 0) is 0 Å². The SMILES string of the molecule is Cc1c(NC(=O)c2ccccc2Br)ccc2cc(C=O)cnc12. The third kappa shape index (κ3) is 3.00. The smallest absolute Gasteiger partial charge is 0.256 e. The summed E-state index contributed by atoms with van der Waals surface area (Å²) in [4.78, 5) is 27.6. The maximum Gasteiger partial charge on any atom is 0.256 e. The zero-order valence-electron chi connectivity index (χ0n) is 12.3. The van der Waals surface area contributed by atoms with Crippen LogP contribution in [0.2, 0.25) is 0 Å². The van der Waals surface area contributed by atoms with Gasteiger partial charge in [-0.3, -0.25) is 14.6 Å². The average molecular weight is 369 g/mol. The predicted octanol–water partition coefficient (Wildman–Crippen LogP) is 4.37. The molecule has 2 aromatic carbocycles. The number of anilines is 1. The lowest BCUT2D eigenvalue weighted by Gasteiger charge is -2.11. The van der Waals surface area contributed by atoms with Crippen molar-refractivity contribution in [2.45, 2.75) is 6.92 Å². The minimum atomic E-state index is -0.190. The lowest BCUT2D eigenvalue weighted by molar-refractivity contribution is 0.102. The van der Waals surface area contributed by atoms with Crippen LogP contribution in [0.3, 0.4) is 0 Å². The summed E-state index contributed by atoms with van der Waals surface area (Å²) in [7, 11) is 0. The molecule has 1 N–H and O–H groups in total. The maximum atomic E-state index is 12.4. The molecule has 0 fully saturated rings. The molecular formula is C18H13BrN2O2. The largest absolute Gasteiger partial charge is 0.322 e. The normalized spacial score (nSPS) is 10.5. The fourth-order valence-electron chi connectivity index (χ4n) is 2.40. The van der Waals surface area contributed by atoms with Crippen molar-refractivity contribution in [1.82, 2.24) is 4.98 Å². The van der Waals surface area contributed by atoms with Gasteiger partial charge < -0.3 is 5.32 Å². The van der Waals surface area contributed by atoms with E-state index in [2.05, 4.69) is 26.2 Å². The van der Waals surface area contributed by atoms with Crippen molar-refractivity contribution in [3.63, 3.8) is 0 Å². The van der Waals surface area contributed by atoms with E-state index in [1.807, 2.05) is 37.3 Å². The van der Waals surface area contributed by atoms with Gasteiger partial charge in [-0.1, -0.05) is 18.2 Å². The van der Waals surface area contributed by atoms with Crippen molar-refractivity contribution in [1.29, 1.82) is 0 Å². The van der Waals surface area contributed by atoms with Crippen molar-refractivity contribution in [3.8, 4) is 0 Å². The summed E-state index contributed by atoms with van der Waals surface area (Å²) in [5.74, 6) is -0.190. The van der Waals surface area contributed by atoms with Crippen LogP contribution in [-0.4, -0.2) is 17.2 Å². The molecule has 3 aromatic rings. The van der Waals surface area contributed by atoms with Crippen molar-refractivity contribution in [3.05, 3.63) is 69.8 Å². The van der Waals surface area contributed by atoms with Crippen LogP contribution in [0.15, 0.2) is 53.1 Å². The van der Waals surface area contributed by atoms with Gasteiger partial charge in [0.2, 0.25) is 0 Å². The number of hydrogen-bond acceptors (Lipinski definition) is 3. The Morgan fingerprint density at radius 1 is 1.22 bits per heavy atom. The molecule has 0 radical (unpaired) electrons. The minimum Gasteiger partial charge on any atom is -0.322 e. The second kappa shape index (κ2) is 6.30. The van der Waals surface area contributed by atoms with E-state index in [0.717, 1.165) is 27.2 Å². The topological polar surface area (TPSA) is 59.1 Å². The van der Waals surface area contributed by atoms with Crippen LogP contribution in [0.5, 0.6) is 0 Å². The first kappa shape index (κ1) is 15.4. The monoisotopic (exact) mass is 368 g/mol.